The molecule has 3 nitrogen and oxygen atoms in total. The first-order valence-electron chi connectivity index (χ1n) is 7.10. The third-order valence-corrected chi connectivity index (χ3v) is 2.27. The van der Waals surface area contributed by atoms with E-state index in [1.54, 1.807) is 24.3 Å². The molecule has 1 aromatic heterocycles. The number of aryl methyl sites for hydroxylation is 2. The van der Waals surface area contributed by atoms with Crippen LogP contribution in [0.25, 0.3) is 11.4 Å². The van der Waals surface area contributed by atoms with E-state index in [1.165, 1.54) is 0 Å². The molecular formula is C11H10BrN3. The van der Waals surface area contributed by atoms with Crippen LogP contribution in [0.5, 0.6) is 0 Å². The van der Waals surface area contributed by atoms with Crippen LogP contribution in [0.15, 0.2) is 28.7 Å². The van der Waals surface area contributed by atoms with E-state index in [0.717, 1.165) is 4.47 Å². The first-order chi connectivity index (χ1) is 9.57. The van der Waals surface area contributed by atoms with Crippen molar-refractivity contribution in [2.24, 2.45) is 0 Å². The monoisotopic (exact) mass is 269 g/mol. The van der Waals surface area contributed by atoms with Crippen LogP contribution in [0.4, 0.5) is 0 Å². The van der Waals surface area contributed by atoms with E-state index < -0.39 is 25.4 Å². The van der Waals surface area contributed by atoms with Crippen molar-refractivity contribution in [3.63, 3.8) is 0 Å². The van der Waals surface area contributed by atoms with E-state index in [0.29, 0.717) is 5.56 Å². The smallest absolute Gasteiger partial charge is 0.163 e. The van der Waals surface area contributed by atoms with Gasteiger partial charge < -0.3 is 0 Å². The lowest BCUT2D eigenvalue weighted by atomic mass is 10.2. The molecule has 1 heterocycles. The van der Waals surface area contributed by atoms with E-state index in [1.807, 2.05) is 0 Å². The fourth-order valence-corrected chi connectivity index (χ4v) is 1.37. The number of hydrogen-bond donors (Lipinski definition) is 0. The Kier molecular flexibility index (Phi) is 1.40. The van der Waals surface area contributed by atoms with Gasteiger partial charge in [-0.05, 0) is 25.8 Å². The lowest BCUT2D eigenvalue weighted by molar-refractivity contribution is 0.928. The average molecular weight is 270 g/mol. The molecule has 0 unspecified atom stereocenters. The van der Waals surface area contributed by atoms with Gasteiger partial charge in [-0.2, -0.15) is 0 Å². The van der Waals surface area contributed by atoms with Crippen LogP contribution in [-0.2, 0) is 0 Å². The molecule has 0 N–H and O–H groups in total. The summed E-state index contributed by atoms with van der Waals surface area (Å²) in [4.78, 5) is 11.3. The molecule has 0 saturated carbocycles. The van der Waals surface area contributed by atoms with Crippen LogP contribution in [0.1, 0.15) is 19.9 Å². The van der Waals surface area contributed by atoms with Gasteiger partial charge in [-0.15, -0.1) is 0 Å². The Balaban J connectivity index is 2.63. The summed E-state index contributed by atoms with van der Waals surface area (Å²) in [6.07, 6.45) is 0. The van der Waals surface area contributed by atoms with E-state index >= 15 is 0 Å². The second-order valence-electron chi connectivity index (χ2n) is 2.81. The fraction of sp³-hybridized carbons (Fsp3) is 0.182. The highest BCUT2D eigenvalue weighted by Gasteiger charge is 2.03. The van der Waals surface area contributed by atoms with Gasteiger partial charge in [-0.3, -0.25) is 0 Å². The summed E-state index contributed by atoms with van der Waals surface area (Å²) in [5, 5.41) is 0. The third kappa shape index (κ3) is 2.39. The molecule has 0 aliphatic heterocycles. The van der Waals surface area contributed by atoms with Gasteiger partial charge in [0.25, 0.3) is 0 Å². The lowest BCUT2D eigenvalue weighted by Crippen LogP contribution is -1.98. The number of halogens is 1. The van der Waals surface area contributed by atoms with Crippen LogP contribution in [-0.4, -0.2) is 15.0 Å². The van der Waals surface area contributed by atoms with Crippen LogP contribution in [0.2, 0.25) is 0 Å². The van der Waals surface area contributed by atoms with Crippen molar-refractivity contribution in [3.05, 3.63) is 40.4 Å². The molecule has 0 fully saturated rings. The molecule has 0 radical (unpaired) electrons. The van der Waals surface area contributed by atoms with Crippen LogP contribution in [0.3, 0.4) is 0 Å². The molecule has 0 aliphatic carbocycles. The molecule has 76 valence electrons. The first-order valence-corrected chi connectivity index (χ1v) is 4.89. The molecular weight excluding hydrogens is 254 g/mol. The number of hydrogen-bond acceptors (Lipinski definition) is 3. The van der Waals surface area contributed by atoms with Crippen molar-refractivity contribution in [2.75, 3.05) is 0 Å². The molecule has 0 aliphatic rings. The van der Waals surface area contributed by atoms with E-state index in [9.17, 15) is 0 Å². The van der Waals surface area contributed by atoms with Crippen molar-refractivity contribution >= 4 is 15.9 Å². The maximum Gasteiger partial charge on any atom is 0.163 e. The Morgan fingerprint density at radius 3 is 2.13 bits per heavy atom. The maximum absolute atomic E-state index is 7.36. The normalized spacial score (nSPS) is 17.9. The van der Waals surface area contributed by atoms with Gasteiger partial charge in [-0.1, -0.05) is 28.1 Å². The number of benzene rings is 1. The number of nitrogens with zero attached hydrogens (tertiary/aromatic N) is 3. The molecule has 0 spiro atoms. The molecule has 0 saturated heterocycles. The highest BCUT2D eigenvalue weighted by Crippen LogP contribution is 2.18. The molecule has 1 aromatic carbocycles. The zero-order valence-corrected chi connectivity index (χ0v) is 9.12. The predicted molar refractivity (Wildman–Crippen MR) is 62.4 cm³/mol. The summed E-state index contributed by atoms with van der Waals surface area (Å²) >= 11 is 3.28. The van der Waals surface area contributed by atoms with Gasteiger partial charge in [0.05, 0.1) is 0 Å². The number of aromatic nitrogens is 3. The molecule has 2 rings (SSSR count). The van der Waals surface area contributed by atoms with Gasteiger partial charge in [0.15, 0.2) is 5.82 Å². The van der Waals surface area contributed by atoms with Gasteiger partial charge >= 0.3 is 0 Å². The quantitative estimate of drug-likeness (QED) is 0.799. The Morgan fingerprint density at radius 1 is 1.00 bits per heavy atom. The standard InChI is InChI=1S/C11H10BrN3/c1-7-13-8(2)15-11(14-7)9-3-5-10(12)6-4-9/h3-6H,1-2H3/i1D3,2D3. The largest absolute Gasteiger partial charge is 0.219 e. The topological polar surface area (TPSA) is 38.7 Å². The molecule has 0 bridgehead atoms. The zero-order chi connectivity index (χ0) is 15.8. The molecule has 15 heavy (non-hydrogen) atoms. The van der Waals surface area contributed by atoms with E-state index in [2.05, 4.69) is 30.9 Å². The maximum atomic E-state index is 7.36. The Hall–Kier alpha value is -1.29. The van der Waals surface area contributed by atoms with Crippen LogP contribution in [0, 0.1) is 13.7 Å². The fourth-order valence-electron chi connectivity index (χ4n) is 1.10. The van der Waals surface area contributed by atoms with Crippen LogP contribution >= 0.6 is 15.9 Å². The SMILES string of the molecule is [2H]C([2H])([2H])c1nc(-c2ccc(Br)cc2)nc(C([2H])([2H])[2H])n1. The Bertz CT molecular complexity index is 618. The highest BCUT2D eigenvalue weighted by atomic mass is 79.9. The van der Waals surface area contributed by atoms with Gasteiger partial charge in [0, 0.05) is 18.3 Å². The Morgan fingerprint density at radius 2 is 1.60 bits per heavy atom. The van der Waals surface area contributed by atoms with Crippen molar-refractivity contribution in [2.45, 2.75) is 13.7 Å². The zero-order valence-electron chi connectivity index (χ0n) is 13.5. The van der Waals surface area contributed by atoms with Crippen molar-refractivity contribution < 1.29 is 8.22 Å². The summed E-state index contributed by atoms with van der Waals surface area (Å²) in [6, 6.07) is 6.77. The van der Waals surface area contributed by atoms with Crippen molar-refractivity contribution in [1.29, 1.82) is 0 Å². The molecule has 2 aromatic rings. The first kappa shape index (κ1) is 5.16. The minimum Gasteiger partial charge on any atom is -0.219 e. The second kappa shape index (κ2) is 4.06. The van der Waals surface area contributed by atoms with Gasteiger partial charge in [0.1, 0.15) is 11.6 Å². The average Bonchev–Trinajstić information content (AvgIpc) is 2.37. The lowest BCUT2D eigenvalue weighted by Gasteiger charge is -2.02. The summed E-state index contributed by atoms with van der Waals surface area (Å²) < 4.78 is 45.0. The van der Waals surface area contributed by atoms with Gasteiger partial charge in [0.2, 0.25) is 0 Å². The van der Waals surface area contributed by atoms with Crippen LogP contribution < -0.4 is 0 Å². The summed E-state index contributed by atoms with van der Waals surface area (Å²) in [7, 11) is 0. The van der Waals surface area contributed by atoms with Gasteiger partial charge in [-0.25, -0.2) is 15.0 Å². The second-order valence-corrected chi connectivity index (χ2v) is 3.73. The van der Waals surface area contributed by atoms with Crippen molar-refractivity contribution in [3.8, 4) is 11.4 Å². The highest BCUT2D eigenvalue weighted by molar-refractivity contribution is 9.10. The molecule has 0 atom stereocenters. The molecule has 0 amide bonds. The summed E-state index contributed by atoms with van der Waals surface area (Å²) in [6.45, 7) is -5.21. The van der Waals surface area contributed by atoms with E-state index in [4.69, 9.17) is 8.22 Å². The summed E-state index contributed by atoms with van der Waals surface area (Å²) in [5.74, 6) is -1.03. The summed E-state index contributed by atoms with van der Waals surface area (Å²) in [5.41, 5.74) is 0.511. The molecule has 4 heteroatoms. The van der Waals surface area contributed by atoms with E-state index in [-0.39, 0.29) is 5.82 Å². The minimum atomic E-state index is -2.60. The predicted octanol–water partition coefficient (Wildman–Crippen LogP) is 2.92. The van der Waals surface area contributed by atoms with Crippen molar-refractivity contribution in [1.82, 2.24) is 15.0 Å². The number of rotatable bonds is 1. The minimum absolute atomic E-state index is 0.0229. The third-order valence-electron chi connectivity index (χ3n) is 1.74. The Labute approximate surface area is 105 Å².